The van der Waals surface area contributed by atoms with E-state index >= 15 is 0 Å². The van der Waals surface area contributed by atoms with Gasteiger partial charge >= 0.3 is 0 Å². The van der Waals surface area contributed by atoms with E-state index in [0.717, 1.165) is 12.5 Å². The fraction of sp³-hybridized carbons (Fsp3) is 0.909. The normalized spacial score (nSPS) is 34.1. The van der Waals surface area contributed by atoms with Crippen LogP contribution in [0.1, 0.15) is 19.3 Å². The molecular weight excluding hydrogens is 190 g/mol. The van der Waals surface area contributed by atoms with E-state index < -0.39 is 0 Å². The summed E-state index contributed by atoms with van der Waals surface area (Å²) < 4.78 is 0. The Hall–Kier alpha value is -0.610. The molecule has 4 heteroatoms. The van der Waals surface area contributed by atoms with Crippen LogP contribution in [0, 0.1) is 5.92 Å². The first-order valence-corrected chi connectivity index (χ1v) is 5.96. The van der Waals surface area contributed by atoms with Gasteiger partial charge in [-0.3, -0.25) is 4.79 Å². The number of piperidine rings is 3. The molecule has 0 aromatic rings. The van der Waals surface area contributed by atoms with E-state index in [4.69, 9.17) is 0 Å². The largest absolute Gasteiger partial charge is 0.359 e. The molecule has 3 aliphatic rings. The zero-order chi connectivity index (χ0) is 10.7. The average molecular weight is 211 g/mol. The van der Waals surface area contributed by atoms with Crippen LogP contribution in [0.4, 0.5) is 0 Å². The molecule has 1 atom stereocenters. The summed E-state index contributed by atoms with van der Waals surface area (Å²) in [6.45, 7) is 4.55. The van der Waals surface area contributed by atoms with Crippen molar-refractivity contribution in [2.45, 2.75) is 25.3 Å². The topological polar surface area (TPSA) is 44.4 Å². The van der Waals surface area contributed by atoms with Gasteiger partial charge in [0.25, 0.3) is 0 Å². The summed E-state index contributed by atoms with van der Waals surface area (Å²) in [4.78, 5) is 13.6. The molecule has 0 saturated carbocycles. The minimum absolute atomic E-state index is 0.128. The van der Waals surface area contributed by atoms with Crippen LogP contribution in [0.15, 0.2) is 0 Å². The highest BCUT2D eigenvalue weighted by atomic mass is 16.1. The van der Waals surface area contributed by atoms with Crippen molar-refractivity contribution in [2.24, 2.45) is 5.92 Å². The molecule has 0 aromatic carbocycles. The highest BCUT2D eigenvalue weighted by molar-refractivity contribution is 5.75. The second kappa shape index (κ2) is 4.94. The highest BCUT2D eigenvalue weighted by Gasteiger charge is 2.33. The lowest BCUT2D eigenvalue weighted by atomic mass is 9.84. The van der Waals surface area contributed by atoms with Gasteiger partial charge in [0, 0.05) is 32.6 Å². The fourth-order valence-electron chi connectivity index (χ4n) is 2.69. The van der Waals surface area contributed by atoms with Crippen LogP contribution in [0.3, 0.4) is 0 Å². The van der Waals surface area contributed by atoms with Gasteiger partial charge in [-0.2, -0.15) is 0 Å². The van der Waals surface area contributed by atoms with Gasteiger partial charge in [-0.25, -0.2) is 0 Å². The molecule has 4 nitrogen and oxygen atoms in total. The fourth-order valence-corrected chi connectivity index (χ4v) is 2.69. The molecule has 2 bridgehead atoms. The summed E-state index contributed by atoms with van der Waals surface area (Å²) in [6, 6.07) is 0.622. The van der Waals surface area contributed by atoms with Gasteiger partial charge in [-0.1, -0.05) is 0 Å². The minimum atomic E-state index is 0.128. The van der Waals surface area contributed by atoms with Crippen molar-refractivity contribution in [2.75, 3.05) is 33.2 Å². The SMILES string of the molecule is CNC(=O)CCNC1CN2CCC1CC2. The minimum Gasteiger partial charge on any atom is -0.359 e. The Bertz CT molecular complexity index is 224. The number of carbonyl (C=O) groups is 1. The van der Waals surface area contributed by atoms with Crippen molar-refractivity contribution in [3.05, 3.63) is 0 Å². The molecule has 0 aliphatic carbocycles. The second-order valence-electron chi connectivity index (χ2n) is 4.62. The third kappa shape index (κ3) is 2.69. The monoisotopic (exact) mass is 211 g/mol. The van der Waals surface area contributed by atoms with Gasteiger partial charge in [0.1, 0.15) is 0 Å². The quantitative estimate of drug-likeness (QED) is 0.677. The molecular formula is C11H21N3O. The molecule has 3 aliphatic heterocycles. The van der Waals surface area contributed by atoms with Crippen LogP contribution in [0.2, 0.25) is 0 Å². The summed E-state index contributed by atoms with van der Waals surface area (Å²) in [6.07, 6.45) is 3.26. The van der Waals surface area contributed by atoms with Crippen LogP contribution >= 0.6 is 0 Å². The average Bonchev–Trinajstić information content (AvgIpc) is 2.30. The van der Waals surface area contributed by atoms with E-state index in [1.165, 1.54) is 32.5 Å². The van der Waals surface area contributed by atoms with Gasteiger partial charge < -0.3 is 15.5 Å². The molecule has 0 spiro atoms. The van der Waals surface area contributed by atoms with E-state index in [1.54, 1.807) is 7.05 Å². The van der Waals surface area contributed by atoms with Crippen LogP contribution < -0.4 is 10.6 Å². The van der Waals surface area contributed by atoms with Gasteiger partial charge in [-0.05, 0) is 31.8 Å². The smallest absolute Gasteiger partial charge is 0.221 e. The molecule has 1 amide bonds. The zero-order valence-corrected chi connectivity index (χ0v) is 9.46. The standard InChI is InChI=1S/C11H21N3O/c1-12-11(15)2-5-13-10-8-14-6-3-9(10)4-7-14/h9-10,13H,2-8H2,1H3,(H,12,15). The summed E-state index contributed by atoms with van der Waals surface area (Å²) in [7, 11) is 1.69. The Labute approximate surface area is 91.4 Å². The number of nitrogens with one attached hydrogen (secondary N) is 2. The summed E-state index contributed by atoms with van der Waals surface area (Å²) >= 11 is 0. The maximum Gasteiger partial charge on any atom is 0.221 e. The maximum absolute atomic E-state index is 11.1. The van der Waals surface area contributed by atoms with Gasteiger partial charge in [0.2, 0.25) is 5.91 Å². The Morgan fingerprint density at radius 1 is 1.40 bits per heavy atom. The summed E-state index contributed by atoms with van der Waals surface area (Å²) in [5.74, 6) is 0.975. The van der Waals surface area contributed by atoms with Crippen molar-refractivity contribution in [3.8, 4) is 0 Å². The molecule has 3 rings (SSSR count). The molecule has 3 saturated heterocycles. The predicted molar refractivity (Wildman–Crippen MR) is 59.6 cm³/mol. The molecule has 0 radical (unpaired) electrons. The maximum atomic E-state index is 11.1. The van der Waals surface area contributed by atoms with E-state index in [-0.39, 0.29) is 5.91 Å². The number of rotatable bonds is 4. The van der Waals surface area contributed by atoms with Gasteiger partial charge in [0.05, 0.1) is 0 Å². The molecule has 0 aromatic heterocycles. The lowest BCUT2D eigenvalue weighted by Gasteiger charge is -2.45. The van der Waals surface area contributed by atoms with Gasteiger partial charge in [0.15, 0.2) is 0 Å². The lowest BCUT2D eigenvalue weighted by molar-refractivity contribution is -0.120. The van der Waals surface area contributed by atoms with E-state index in [1.807, 2.05) is 0 Å². The highest BCUT2D eigenvalue weighted by Crippen LogP contribution is 2.27. The van der Waals surface area contributed by atoms with Crippen LogP contribution in [-0.2, 0) is 4.79 Å². The number of hydrogen-bond acceptors (Lipinski definition) is 3. The second-order valence-corrected chi connectivity index (χ2v) is 4.62. The number of carbonyl (C=O) groups excluding carboxylic acids is 1. The Kier molecular flexibility index (Phi) is 3.59. The van der Waals surface area contributed by atoms with E-state index in [9.17, 15) is 4.79 Å². The molecule has 3 fully saturated rings. The van der Waals surface area contributed by atoms with Crippen molar-refractivity contribution < 1.29 is 4.79 Å². The lowest BCUT2D eigenvalue weighted by Crippen LogP contribution is -2.56. The van der Waals surface area contributed by atoms with Crippen LogP contribution in [0.5, 0.6) is 0 Å². The molecule has 3 heterocycles. The van der Waals surface area contributed by atoms with Crippen molar-refractivity contribution >= 4 is 5.91 Å². The third-order valence-electron chi connectivity index (χ3n) is 3.69. The Morgan fingerprint density at radius 2 is 2.13 bits per heavy atom. The Morgan fingerprint density at radius 3 is 2.67 bits per heavy atom. The summed E-state index contributed by atoms with van der Waals surface area (Å²) in [5.41, 5.74) is 0. The first kappa shape index (κ1) is 10.9. The number of fused-ring (bicyclic) bond motifs is 3. The zero-order valence-electron chi connectivity index (χ0n) is 9.46. The predicted octanol–water partition coefficient (Wildman–Crippen LogP) is -0.194. The van der Waals surface area contributed by atoms with Crippen molar-refractivity contribution in [3.63, 3.8) is 0 Å². The first-order chi connectivity index (χ1) is 7.29. The third-order valence-corrected chi connectivity index (χ3v) is 3.69. The first-order valence-electron chi connectivity index (χ1n) is 5.96. The Balaban J connectivity index is 1.69. The van der Waals surface area contributed by atoms with Crippen molar-refractivity contribution in [1.82, 2.24) is 15.5 Å². The van der Waals surface area contributed by atoms with Crippen LogP contribution in [-0.4, -0.2) is 50.1 Å². The molecule has 86 valence electrons. The molecule has 15 heavy (non-hydrogen) atoms. The van der Waals surface area contributed by atoms with Crippen LogP contribution in [0.25, 0.3) is 0 Å². The molecule has 1 unspecified atom stereocenters. The summed E-state index contributed by atoms with van der Waals surface area (Å²) in [5, 5.41) is 6.16. The van der Waals surface area contributed by atoms with Crippen molar-refractivity contribution in [1.29, 1.82) is 0 Å². The molecule has 2 N–H and O–H groups in total. The van der Waals surface area contributed by atoms with Gasteiger partial charge in [-0.15, -0.1) is 0 Å². The number of nitrogens with zero attached hydrogens (tertiary/aromatic N) is 1. The van der Waals surface area contributed by atoms with E-state index in [0.29, 0.717) is 12.5 Å². The van der Waals surface area contributed by atoms with E-state index in [2.05, 4.69) is 15.5 Å². The number of amides is 1. The number of hydrogen-bond donors (Lipinski definition) is 2.